The Labute approximate surface area is 139 Å². The number of fused-ring (bicyclic) bond motifs is 1. The Bertz CT molecular complexity index is 889. The van der Waals surface area contributed by atoms with Crippen molar-refractivity contribution in [1.82, 2.24) is 24.6 Å². The fourth-order valence-corrected chi connectivity index (χ4v) is 3.32. The number of carbonyl (C=O) groups excluding carboxylic acids is 1. The number of piperidine rings is 1. The first-order valence-electron chi connectivity index (χ1n) is 8.14. The molecule has 7 nitrogen and oxygen atoms in total. The van der Waals surface area contributed by atoms with E-state index >= 15 is 0 Å². The van der Waals surface area contributed by atoms with Gasteiger partial charge in [0.2, 0.25) is 17.7 Å². The van der Waals surface area contributed by atoms with Crippen LogP contribution >= 0.6 is 0 Å². The van der Waals surface area contributed by atoms with Crippen molar-refractivity contribution in [3.63, 3.8) is 0 Å². The molecular weight excluding hydrogens is 306 g/mol. The number of benzene rings is 1. The van der Waals surface area contributed by atoms with E-state index in [1.165, 1.54) is 0 Å². The smallest absolute Gasteiger partial charge is 0.247 e. The molecule has 0 atom stereocenters. The second-order valence-corrected chi connectivity index (χ2v) is 6.22. The normalized spacial score (nSPS) is 16.0. The summed E-state index contributed by atoms with van der Waals surface area (Å²) >= 11 is 0. The van der Waals surface area contributed by atoms with E-state index < -0.39 is 0 Å². The fraction of sp³-hybridized carbons (Fsp3) is 0.412. The number of aromatic nitrogens is 4. The molecule has 7 heteroatoms. The first kappa shape index (κ1) is 14.9. The molecule has 1 aliphatic heterocycles. The third-order valence-electron chi connectivity index (χ3n) is 4.65. The van der Waals surface area contributed by atoms with Gasteiger partial charge in [-0.15, -0.1) is 10.2 Å². The molecule has 4 rings (SSSR count). The van der Waals surface area contributed by atoms with Crippen molar-refractivity contribution in [1.29, 1.82) is 0 Å². The molecule has 1 saturated heterocycles. The van der Waals surface area contributed by atoms with Crippen molar-refractivity contribution in [3.05, 3.63) is 30.4 Å². The lowest BCUT2D eigenvalue weighted by molar-refractivity contribution is -0.130. The summed E-state index contributed by atoms with van der Waals surface area (Å²) in [7, 11) is 0. The lowest BCUT2D eigenvalue weighted by Crippen LogP contribution is -2.37. The van der Waals surface area contributed by atoms with E-state index in [0.29, 0.717) is 17.8 Å². The van der Waals surface area contributed by atoms with Crippen LogP contribution in [0.25, 0.3) is 22.5 Å². The predicted octanol–water partition coefficient (Wildman–Crippen LogP) is 2.58. The van der Waals surface area contributed by atoms with Gasteiger partial charge in [0.25, 0.3) is 0 Å². The summed E-state index contributed by atoms with van der Waals surface area (Å²) in [5.74, 6) is 1.22. The Balaban J connectivity index is 1.65. The average molecular weight is 325 g/mol. The van der Waals surface area contributed by atoms with Crippen molar-refractivity contribution in [2.24, 2.45) is 0 Å². The number of nitrogens with zero attached hydrogens (tertiary/aromatic N) is 5. The second kappa shape index (κ2) is 5.74. The minimum absolute atomic E-state index is 0.151. The largest absolute Gasteiger partial charge is 0.421 e. The van der Waals surface area contributed by atoms with E-state index in [1.54, 1.807) is 13.8 Å². The molecular formula is C17H19N5O2. The van der Waals surface area contributed by atoms with Gasteiger partial charge in [-0.2, -0.15) is 0 Å². The van der Waals surface area contributed by atoms with Crippen LogP contribution in [0, 0.1) is 6.92 Å². The fourth-order valence-electron chi connectivity index (χ4n) is 3.32. The first-order chi connectivity index (χ1) is 11.6. The highest BCUT2D eigenvalue weighted by molar-refractivity contribution is 5.80. The molecule has 24 heavy (non-hydrogen) atoms. The van der Waals surface area contributed by atoms with Crippen LogP contribution in [-0.2, 0) is 4.79 Å². The summed E-state index contributed by atoms with van der Waals surface area (Å²) in [6.45, 7) is 5.00. The van der Waals surface area contributed by atoms with Gasteiger partial charge in [0.05, 0.1) is 17.4 Å². The summed E-state index contributed by atoms with van der Waals surface area (Å²) in [5.41, 5.74) is 2.90. The van der Waals surface area contributed by atoms with E-state index in [2.05, 4.69) is 19.7 Å². The molecule has 0 saturated carbocycles. The molecule has 0 N–H and O–H groups in total. The van der Waals surface area contributed by atoms with Gasteiger partial charge in [-0.05, 0) is 31.0 Å². The second-order valence-electron chi connectivity index (χ2n) is 6.22. The standard InChI is InChI=1S/C17H19N5O2/c1-11-19-20-17(24-11)13-3-4-15-16(9-13)22(10-18-15)14-5-7-21(8-6-14)12(2)23/h3-4,9-10,14H,5-8H2,1-2H3. The van der Waals surface area contributed by atoms with Gasteiger partial charge in [0.1, 0.15) is 0 Å². The van der Waals surface area contributed by atoms with E-state index in [-0.39, 0.29) is 5.91 Å². The maximum absolute atomic E-state index is 11.5. The zero-order valence-corrected chi connectivity index (χ0v) is 13.8. The van der Waals surface area contributed by atoms with Crippen LogP contribution < -0.4 is 0 Å². The van der Waals surface area contributed by atoms with Crippen LogP contribution in [0.4, 0.5) is 0 Å². The van der Waals surface area contributed by atoms with Crippen LogP contribution in [0.5, 0.6) is 0 Å². The molecule has 3 heterocycles. The van der Waals surface area contributed by atoms with E-state index in [4.69, 9.17) is 4.42 Å². The number of carbonyl (C=O) groups is 1. The summed E-state index contributed by atoms with van der Waals surface area (Å²) in [6, 6.07) is 6.33. The summed E-state index contributed by atoms with van der Waals surface area (Å²) < 4.78 is 7.73. The first-order valence-corrected chi connectivity index (χ1v) is 8.14. The topological polar surface area (TPSA) is 77.1 Å². The van der Waals surface area contributed by atoms with Gasteiger partial charge in [0.15, 0.2) is 0 Å². The number of hydrogen-bond acceptors (Lipinski definition) is 5. The maximum Gasteiger partial charge on any atom is 0.247 e. The number of hydrogen-bond donors (Lipinski definition) is 0. The minimum atomic E-state index is 0.151. The van der Waals surface area contributed by atoms with Crippen molar-refractivity contribution in [2.45, 2.75) is 32.7 Å². The lowest BCUT2D eigenvalue weighted by atomic mass is 10.0. The lowest BCUT2D eigenvalue weighted by Gasteiger charge is -2.32. The number of likely N-dealkylation sites (tertiary alicyclic amines) is 1. The zero-order chi connectivity index (χ0) is 16.7. The maximum atomic E-state index is 11.5. The molecule has 0 bridgehead atoms. The van der Waals surface area contributed by atoms with Gasteiger partial charge in [-0.25, -0.2) is 4.98 Å². The van der Waals surface area contributed by atoms with Gasteiger partial charge >= 0.3 is 0 Å². The highest BCUT2D eigenvalue weighted by Gasteiger charge is 2.23. The van der Waals surface area contributed by atoms with Crippen molar-refractivity contribution >= 4 is 16.9 Å². The van der Waals surface area contributed by atoms with E-state index in [1.807, 2.05) is 29.4 Å². The predicted molar refractivity (Wildman–Crippen MR) is 88.3 cm³/mol. The SMILES string of the molecule is CC(=O)N1CCC(n2cnc3ccc(-c4nnc(C)o4)cc32)CC1. The molecule has 3 aromatic rings. The molecule has 2 aromatic heterocycles. The van der Waals surface area contributed by atoms with Gasteiger partial charge < -0.3 is 13.9 Å². The van der Waals surface area contributed by atoms with Crippen LogP contribution in [0.1, 0.15) is 31.7 Å². The molecule has 0 spiro atoms. The van der Waals surface area contributed by atoms with Crippen LogP contribution in [0.2, 0.25) is 0 Å². The zero-order valence-electron chi connectivity index (χ0n) is 13.8. The summed E-state index contributed by atoms with van der Waals surface area (Å²) in [6.07, 6.45) is 3.77. The number of rotatable bonds is 2. The third-order valence-corrected chi connectivity index (χ3v) is 4.65. The quantitative estimate of drug-likeness (QED) is 0.724. The van der Waals surface area contributed by atoms with Gasteiger partial charge in [-0.1, -0.05) is 0 Å². The van der Waals surface area contributed by atoms with E-state index in [9.17, 15) is 4.79 Å². The van der Waals surface area contributed by atoms with Crippen molar-refractivity contribution < 1.29 is 9.21 Å². The highest BCUT2D eigenvalue weighted by atomic mass is 16.4. The molecule has 1 aromatic carbocycles. The molecule has 0 radical (unpaired) electrons. The molecule has 1 amide bonds. The molecule has 0 aliphatic carbocycles. The number of imidazole rings is 1. The third kappa shape index (κ3) is 2.55. The van der Waals surface area contributed by atoms with Crippen LogP contribution in [-0.4, -0.2) is 43.6 Å². The molecule has 124 valence electrons. The van der Waals surface area contributed by atoms with Crippen LogP contribution in [0.3, 0.4) is 0 Å². The summed E-state index contributed by atoms with van der Waals surface area (Å²) in [5, 5.41) is 7.98. The number of amides is 1. The Hall–Kier alpha value is -2.70. The minimum Gasteiger partial charge on any atom is -0.421 e. The van der Waals surface area contributed by atoms with Crippen molar-refractivity contribution in [2.75, 3.05) is 13.1 Å². The molecule has 0 unspecified atom stereocenters. The Kier molecular flexibility index (Phi) is 3.55. The van der Waals surface area contributed by atoms with E-state index in [0.717, 1.165) is 42.5 Å². The Morgan fingerprint density at radius 1 is 1.25 bits per heavy atom. The highest BCUT2D eigenvalue weighted by Crippen LogP contribution is 2.29. The Morgan fingerprint density at radius 2 is 2.04 bits per heavy atom. The van der Waals surface area contributed by atoms with Crippen molar-refractivity contribution in [3.8, 4) is 11.5 Å². The van der Waals surface area contributed by atoms with Crippen LogP contribution in [0.15, 0.2) is 28.9 Å². The molecule has 1 fully saturated rings. The number of aryl methyl sites for hydroxylation is 1. The molecule has 1 aliphatic rings. The van der Waals surface area contributed by atoms with Gasteiger partial charge in [-0.3, -0.25) is 4.79 Å². The monoisotopic (exact) mass is 325 g/mol. The Morgan fingerprint density at radius 3 is 2.71 bits per heavy atom. The van der Waals surface area contributed by atoms with Gasteiger partial charge in [0, 0.05) is 38.5 Å². The summed E-state index contributed by atoms with van der Waals surface area (Å²) in [4.78, 5) is 17.9. The average Bonchev–Trinajstić information content (AvgIpc) is 3.20.